The van der Waals surface area contributed by atoms with Crippen molar-refractivity contribution in [3.05, 3.63) is 76.6 Å². The highest BCUT2D eigenvalue weighted by Crippen LogP contribution is 2.20. The Bertz CT molecular complexity index is 933. The summed E-state index contributed by atoms with van der Waals surface area (Å²) in [4.78, 5) is 23.6. The van der Waals surface area contributed by atoms with Gasteiger partial charge in [-0.2, -0.15) is 0 Å². The molecule has 2 aromatic carbocycles. The Labute approximate surface area is 151 Å². The molecule has 0 bridgehead atoms. The zero-order valence-electron chi connectivity index (χ0n) is 14.6. The summed E-state index contributed by atoms with van der Waals surface area (Å²) in [7, 11) is 0. The number of ether oxygens (including phenoxy) is 1. The van der Waals surface area contributed by atoms with Crippen molar-refractivity contribution in [2.75, 3.05) is 6.61 Å². The van der Waals surface area contributed by atoms with Crippen LogP contribution in [0.2, 0.25) is 0 Å². The second-order valence-corrected chi connectivity index (χ2v) is 6.06. The highest BCUT2D eigenvalue weighted by molar-refractivity contribution is 5.79. The molecule has 1 heterocycles. The van der Waals surface area contributed by atoms with E-state index in [-0.39, 0.29) is 18.6 Å². The summed E-state index contributed by atoms with van der Waals surface area (Å²) >= 11 is 0. The number of benzene rings is 2. The minimum Gasteiger partial charge on any atom is -0.484 e. The van der Waals surface area contributed by atoms with E-state index in [2.05, 4.69) is 12.2 Å². The fraction of sp³-hybridized carbons (Fsp3) is 0.238. The van der Waals surface area contributed by atoms with Crippen molar-refractivity contribution in [1.29, 1.82) is 0 Å². The number of fused-ring (bicyclic) bond motifs is 1. The molecule has 1 aromatic heterocycles. The Morgan fingerprint density at radius 1 is 1.12 bits per heavy atom. The van der Waals surface area contributed by atoms with Crippen molar-refractivity contribution in [2.24, 2.45) is 0 Å². The van der Waals surface area contributed by atoms with Gasteiger partial charge in [0.15, 0.2) is 6.61 Å². The van der Waals surface area contributed by atoms with Gasteiger partial charge in [-0.05, 0) is 30.2 Å². The predicted molar refractivity (Wildman–Crippen MR) is 100 cm³/mol. The Balaban J connectivity index is 1.63. The smallest absolute Gasteiger partial charge is 0.336 e. The fourth-order valence-electron chi connectivity index (χ4n) is 2.81. The zero-order valence-corrected chi connectivity index (χ0v) is 14.6. The zero-order chi connectivity index (χ0) is 18.4. The summed E-state index contributed by atoms with van der Waals surface area (Å²) in [6.07, 6.45) is 1.82. The molecule has 0 saturated heterocycles. The number of hydrogen-bond donors (Lipinski definition) is 1. The normalized spacial score (nSPS) is 11.9. The Morgan fingerprint density at radius 2 is 1.88 bits per heavy atom. The lowest BCUT2D eigenvalue weighted by molar-refractivity contribution is -0.123. The molecule has 0 aliphatic carbocycles. The second kappa shape index (κ2) is 8.34. The van der Waals surface area contributed by atoms with E-state index in [1.54, 1.807) is 24.3 Å². The number of carbonyl (C=O) groups is 1. The fourth-order valence-corrected chi connectivity index (χ4v) is 2.81. The Morgan fingerprint density at radius 3 is 2.65 bits per heavy atom. The lowest BCUT2D eigenvalue weighted by Gasteiger charge is -2.18. The summed E-state index contributed by atoms with van der Waals surface area (Å²) in [5.41, 5.74) is 1.09. The molecule has 0 aliphatic rings. The van der Waals surface area contributed by atoms with Crippen LogP contribution < -0.4 is 15.7 Å². The number of nitrogens with one attached hydrogen (secondary N) is 1. The summed E-state index contributed by atoms with van der Waals surface area (Å²) < 4.78 is 10.7. The van der Waals surface area contributed by atoms with Gasteiger partial charge in [0.25, 0.3) is 5.91 Å². The molecule has 0 fully saturated rings. The van der Waals surface area contributed by atoms with Gasteiger partial charge in [-0.1, -0.05) is 43.7 Å². The molecule has 0 spiro atoms. The summed E-state index contributed by atoms with van der Waals surface area (Å²) in [5, 5.41) is 3.81. The van der Waals surface area contributed by atoms with Gasteiger partial charge < -0.3 is 14.5 Å². The molecule has 0 radical (unpaired) electrons. The lowest BCUT2D eigenvalue weighted by atomic mass is 10.0. The maximum atomic E-state index is 12.3. The van der Waals surface area contributed by atoms with Crippen molar-refractivity contribution in [1.82, 2.24) is 5.32 Å². The van der Waals surface area contributed by atoms with Crippen molar-refractivity contribution in [3.63, 3.8) is 0 Å². The first-order chi connectivity index (χ1) is 12.7. The quantitative estimate of drug-likeness (QED) is 0.657. The van der Waals surface area contributed by atoms with Gasteiger partial charge in [0.05, 0.1) is 6.04 Å². The average Bonchev–Trinajstić information content (AvgIpc) is 2.66. The molecule has 1 N–H and O–H groups in total. The van der Waals surface area contributed by atoms with Crippen LogP contribution in [0.5, 0.6) is 5.75 Å². The van der Waals surface area contributed by atoms with Gasteiger partial charge in [-0.15, -0.1) is 0 Å². The largest absolute Gasteiger partial charge is 0.484 e. The molecule has 26 heavy (non-hydrogen) atoms. The predicted octanol–water partition coefficient (Wildman–Crippen LogP) is 3.83. The Kier molecular flexibility index (Phi) is 5.69. The van der Waals surface area contributed by atoms with Crippen molar-refractivity contribution in [2.45, 2.75) is 25.8 Å². The topological polar surface area (TPSA) is 68.5 Å². The van der Waals surface area contributed by atoms with Crippen LogP contribution >= 0.6 is 0 Å². The van der Waals surface area contributed by atoms with Crippen LogP contribution in [0.15, 0.2) is 69.9 Å². The molecule has 3 aromatic rings. The molecule has 1 amide bonds. The average molecular weight is 351 g/mol. The van der Waals surface area contributed by atoms with Crippen LogP contribution in [0, 0.1) is 0 Å². The molecule has 1 unspecified atom stereocenters. The maximum absolute atomic E-state index is 12.3. The molecule has 0 aliphatic heterocycles. The first kappa shape index (κ1) is 17.7. The summed E-state index contributed by atoms with van der Waals surface area (Å²) in [6, 6.07) is 18.1. The minimum atomic E-state index is -0.419. The third-order valence-corrected chi connectivity index (χ3v) is 4.08. The van der Waals surface area contributed by atoms with E-state index in [9.17, 15) is 9.59 Å². The van der Waals surface area contributed by atoms with Crippen LogP contribution in [0.25, 0.3) is 11.0 Å². The standard InChI is InChI=1S/C21H21NO4/c1-2-6-18(15-7-4-3-5-8-15)22-20(23)14-25-17-11-9-16-10-12-21(24)26-19(16)13-17/h3-5,7-13,18H,2,6,14H2,1H3,(H,22,23). The highest BCUT2D eigenvalue weighted by atomic mass is 16.5. The van der Waals surface area contributed by atoms with Gasteiger partial charge >= 0.3 is 5.63 Å². The maximum Gasteiger partial charge on any atom is 0.336 e. The number of rotatable bonds is 7. The number of hydrogen-bond acceptors (Lipinski definition) is 4. The van der Waals surface area contributed by atoms with Crippen molar-refractivity contribution >= 4 is 16.9 Å². The number of carbonyl (C=O) groups excluding carboxylic acids is 1. The molecule has 5 nitrogen and oxygen atoms in total. The molecule has 1 atom stereocenters. The van der Waals surface area contributed by atoms with Gasteiger partial charge in [-0.25, -0.2) is 4.79 Å². The van der Waals surface area contributed by atoms with Gasteiger partial charge in [0.2, 0.25) is 0 Å². The van der Waals surface area contributed by atoms with Crippen molar-refractivity contribution in [3.8, 4) is 5.75 Å². The van der Waals surface area contributed by atoms with Crippen LogP contribution in [0.4, 0.5) is 0 Å². The van der Waals surface area contributed by atoms with Crippen LogP contribution in [0.3, 0.4) is 0 Å². The molecule has 3 rings (SSSR count). The molecule has 5 heteroatoms. The van der Waals surface area contributed by atoms with E-state index < -0.39 is 5.63 Å². The third kappa shape index (κ3) is 4.51. The van der Waals surface area contributed by atoms with Gasteiger partial charge in [0.1, 0.15) is 11.3 Å². The monoisotopic (exact) mass is 351 g/mol. The first-order valence-electron chi connectivity index (χ1n) is 8.66. The first-order valence-corrected chi connectivity index (χ1v) is 8.66. The minimum absolute atomic E-state index is 0.0353. The number of amides is 1. The van der Waals surface area contributed by atoms with E-state index in [4.69, 9.17) is 9.15 Å². The molecule has 134 valence electrons. The Hall–Kier alpha value is -3.08. The second-order valence-electron chi connectivity index (χ2n) is 6.06. The van der Waals surface area contributed by atoms with Crippen LogP contribution in [0.1, 0.15) is 31.4 Å². The van der Waals surface area contributed by atoms with Crippen LogP contribution in [-0.2, 0) is 4.79 Å². The van der Waals surface area contributed by atoms with E-state index in [1.807, 2.05) is 30.3 Å². The van der Waals surface area contributed by atoms with Crippen LogP contribution in [-0.4, -0.2) is 12.5 Å². The van der Waals surface area contributed by atoms with E-state index in [0.717, 1.165) is 23.8 Å². The van der Waals surface area contributed by atoms with Crippen molar-refractivity contribution < 1.29 is 13.9 Å². The molecular formula is C21H21NO4. The molecular weight excluding hydrogens is 330 g/mol. The van der Waals surface area contributed by atoms with Gasteiger partial charge in [-0.3, -0.25) is 4.79 Å². The highest BCUT2D eigenvalue weighted by Gasteiger charge is 2.14. The van der Waals surface area contributed by atoms with Gasteiger partial charge in [0, 0.05) is 17.5 Å². The van der Waals surface area contributed by atoms with E-state index in [1.165, 1.54) is 6.07 Å². The lowest BCUT2D eigenvalue weighted by Crippen LogP contribution is -2.32. The third-order valence-electron chi connectivity index (χ3n) is 4.08. The molecule has 0 saturated carbocycles. The van der Waals surface area contributed by atoms with E-state index >= 15 is 0 Å². The SMILES string of the molecule is CCCC(NC(=O)COc1ccc2ccc(=O)oc2c1)c1ccccc1. The summed E-state index contributed by atoms with van der Waals surface area (Å²) in [6.45, 7) is 1.98. The summed E-state index contributed by atoms with van der Waals surface area (Å²) in [5.74, 6) is 0.288. The van der Waals surface area contributed by atoms with E-state index in [0.29, 0.717) is 11.3 Å².